The van der Waals surface area contributed by atoms with Gasteiger partial charge in [-0.2, -0.15) is 0 Å². The molecule has 0 radical (unpaired) electrons. The smallest absolute Gasteiger partial charge is 0.307 e. The van der Waals surface area contributed by atoms with E-state index in [2.05, 4.69) is 24.4 Å². The van der Waals surface area contributed by atoms with Gasteiger partial charge in [0.1, 0.15) is 0 Å². The number of rotatable bonds is 7. The van der Waals surface area contributed by atoms with Gasteiger partial charge in [-0.05, 0) is 79.6 Å². The molecule has 0 atom stereocenters. The molecule has 24 heavy (non-hydrogen) atoms. The topological polar surface area (TPSA) is 49.3 Å². The maximum Gasteiger partial charge on any atom is 0.307 e. The first kappa shape index (κ1) is 17.5. The number of benzene rings is 1. The van der Waals surface area contributed by atoms with Crippen LogP contribution >= 0.6 is 0 Å². The Morgan fingerprint density at radius 3 is 2.54 bits per heavy atom. The minimum atomic E-state index is -0.737. The molecule has 0 aromatic heterocycles. The van der Waals surface area contributed by atoms with Crippen LogP contribution in [0, 0.1) is 11.8 Å². The molecule has 0 amide bonds. The molecule has 1 aromatic carbocycles. The van der Waals surface area contributed by atoms with Crippen molar-refractivity contribution in [1.29, 1.82) is 0 Å². The van der Waals surface area contributed by atoms with Crippen LogP contribution in [0.2, 0.25) is 0 Å². The molecule has 0 unspecified atom stereocenters. The summed E-state index contributed by atoms with van der Waals surface area (Å²) in [6, 6.07) is 6.31. The molecule has 132 valence electrons. The molecule has 1 aliphatic carbocycles. The third-order valence-corrected chi connectivity index (χ3v) is 6.06. The van der Waals surface area contributed by atoms with E-state index in [1.165, 1.54) is 62.7 Å². The van der Waals surface area contributed by atoms with Gasteiger partial charge in [0.25, 0.3) is 0 Å². The Hall–Kier alpha value is -1.35. The molecule has 3 heteroatoms. The SMILES string of the molecule is CCc1ccc(CC(=O)O)cc1C1CC(CCC2CCNCC2)C1. The van der Waals surface area contributed by atoms with E-state index < -0.39 is 5.97 Å². The van der Waals surface area contributed by atoms with E-state index in [1.807, 2.05) is 6.07 Å². The van der Waals surface area contributed by atoms with Crippen LogP contribution in [0.3, 0.4) is 0 Å². The number of carboxylic acid groups (broad SMARTS) is 1. The van der Waals surface area contributed by atoms with Gasteiger partial charge in [-0.3, -0.25) is 4.79 Å². The maximum atomic E-state index is 11.0. The van der Waals surface area contributed by atoms with Crippen molar-refractivity contribution in [2.75, 3.05) is 13.1 Å². The molecule has 2 fully saturated rings. The largest absolute Gasteiger partial charge is 0.481 e. The number of carbonyl (C=O) groups is 1. The summed E-state index contributed by atoms with van der Waals surface area (Å²) in [5, 5.41) is 12.5. The summed E-state index contributed by atoms with van der Waals surface area (Å²) >= 11 is 0. The van der Waals surface area contributed by atoms with Crippen LogP contribution in [0.1, 0.15) is 68.1 Å². The molecule has 3 rings (SSSR count). The Labute approximate surface area is 145 Å². The third-order valence-electron chi connectivity index (χ3n) is 6.06. The normalized spacial score (nSPS) is 24.5. The second-order valence-corrected chi connectivity index (χ2v) is 7.76. The fraction of sp³-hybridized carbons (Fsp3) is 0.667. The van der Waals surface area contributed by atoms with Crippen LogP contribution in [-0.2, 0) is 17.6 Å². The van der Waals surface area contributed by atoms with E-state index in [9.17, 15) is 4.79 Å². The molecule has 3 nitrogen and oxygen atoms in total. The highest BCUT2D eigenvalue weighted by Crippen LogP contribution is 2.46. The van der Waals surface area contributed by atoms with E-state index in [1.54, 1.807) is 0 Å². The predicted octanol–water partition coefficient (Wildman–Crippen LogP) is 4.15. The molecule has 1 saturated carbocycles. The Kier molecular flexibility index (Phi) is 5.94. The summed E-state index contributed by atoms with van der Waals surface area (Å²) < 4.78 is 0. The van der Waals surface area contributed by atoms with Crippen molar-refractivity contribution < 1.29 is 9.90 Å². The molecule has 1 aromatic rings. The lowest BCUT2D eigenvalue weighted by Crippen LogP contribution is -2.29. The van der Waals surface area contributed by atoms with Crippen molar-refractivity contribution in [3.05, 3.63) is 34.9 Å². The van der Waals surface area contributed by atoms with Gasteiger partial charge < -0.3 is 10.4 Å². The zero-order chi connectivity index (χ0) is 16.9. The van der Waals surface area contributed by atoms with Crippen molar-refractivity contribution in [1.82, 2.24) is 5.32 Å². The van der Waals surface area contributed by atoms with Crippen LogP contribution in [-0.4, -0.2) is 24.2 Å². The third kappa shape index (κ3) is 4.38. The fourth-order valence-electron chi connectivity index (χ4n) is 4.50. The summed E-state index contributed by atoms with van der Waals surface area (Å²) in [6.07, 6.45) is 9.28. The van der Waals surface area contributed by atoms with Crippen LogP contribution in [0.15, 0.2) is 18.2 Å². The van der Waals surface area contributed by atoms with Gasteiger partial charge in [0, 0.05) is 0 Å². The van der Waals surface area contributed by atoms with Gasteiger partial charge in [0.05, 0.1) is 6.42 Å². The van der Waals surface area contributed by atoms with Gasteiger partial charge in [0.15, 0.2) is 0 Å². The summed E-state index contributed by atoms with van der Waals surface area (Å²) in [4.78, 5) is 11.0. The Morgan fingerprint density at radius 2 is 1.88 bits per heavy atom. The standard InChI is InChI=1S/C21H31NO2/c1-2-18-6-5-17(14-21(23)24)13-20(18)19-11-16(12-19)4-3-15-7-9-22-10-8-15/h5-6,13,15-16,19,22H,2-4,7-12,14H2,1H3,(H,23,24). The summed E-state index contributed by atoms with van der Waals surface area (Å²) in [5.41, 5.74) is 3.79. The van der Waals surface area contributed by atoms with E-state index in [-0.39, 0.29) is 6.42 Å². The van der Waals surface area contributed by atoms with E-state index in [4.69, 9.17) is 5.11 Å². The molecule has 1 heterocycles. The number of piperidine rings is 1. The fourth-order valence-corrected chi connectivity index (χ4v) is 4.50. The van der Waals surface area contributed by atoms with Crippen LogP contribution < -0.4 is 5.32 Å². The zero-order valence-electron chi connectivity index (χ0n) is 14.9. The first-order valence-corrected chi connectivity index (χ1v) is 9.70. The lowest BCUT2D eigenvalue weighted by molar-refractivity contribution is -0.136. The molecule has 2 aliphatic rings. The van der Waals surface area contributed by atoms with Gasteiger partial charge >= 0.3 is 5.97 Å². The van der Waals surface area contributed by atoms with Crippen LogP contribution in [0.4, 0.5) is 0 Å². The summed E-state index contributed by atoms with van der Waals surface area (Å²) in [7, 11) is 0. The zero-order valence-corrected chi connectivity index (χ0v) is 14.9. The number of carboxylic acids is 1. The van der Waals surface area contributed by atoms with Crippen molar-refractivity contribution in [3.8, 4) is 0 Å². The molecule has 2 N–H and O–H groups in total. The van der Waals surface area contributed by atoms with Gasteiger partial charge in [0.2, 0.25) is 0 Å². The number of hydrogen-bond donors (Lipinski definition) is 2. The number of hydrogen-bond acceptors (Lipinski definition) is 2. The highest BCUT2D eigenvalue weighted by molar-refractivity contribution is 5.70. The van der Waals surface area contributed by atoms with E-state index in [0.29, 0.717) is 5.92 Å². The van der Waals surface area contributed by atoms with Crippen molar-refractivity contribution in [2.45, 2.75) is 64.2 Å². The Morgan fingerprint density at radius 1 is 1.17 bits per heavy atom. The van der Waals surface area contributed by atoms with Gasteiger partial charge in [-0.1, -0.05) is 38.0 Å². The average Bonchev–Trinajstić information content (AvgIpc) is 2.54. The van der Waals surface area contributed by atoms with Crippen molar-refractivity contribution >= 4 is 5.97 Å². The quantitative estimate of drug-likeness (QED) is 0.790. The second kappa shape index (κ2) is 8.15. The lowest BCUT2D eigenvalue weighted by Gasteiger charge is -2.38. The van der Waals surface area contributed by atoms with Crippen LogP contribution in [0.25, 0.3) is 0 Å². The average molecular weight is 329 g/mol. The number of aryl methyl sites for hydroxylation is 1. The number of nitrogens with one attached hydrogen (secondary N) is 1. The maximum absolute atomic E-state index is 11.0. The number of aliphatic carboxylic acids is 1. The molecule has 0 bridgehead atoms. The van der Waals surface area contributed by atoms with E-state index >= 15 is 0 Å². The minimum Gasteiger partial charge on any atom is -0.481 e. The van der Waals surface area contributed by atoms with Crippen LogP contribution in [0.5, 0.6) is 0 Å². The Bertz CT molecular complexity index is 557. The monoisotopic (exact) mass is 329 g/mol. The minimum absolute atomic E-state index is 0.142. The van der Waals surface area contributed by atoms with Gasteiger partial charge in [-0.15, -0.1) is 0 Å². The predicted molar refractivity (Wildman–Crippen MR) is 97.5 cm³/mol. The van der Waals surface area contributed by atoms with Crippen molar-refractivity contribution in [2.24, 2.45) is 11.8 Å². The lowest BCUT2D eigenvalue weighted by atomic mass is 9.67. The molecule has 0 spiro atoms. The molecule has 1 saturated heterocycles. The van der Waals surface area contributed by atoms with Gasteiger partial charge in [-0.25, -0.2) is 0 Å². The molecule has 1 aliphatic heterocycles. The highest BCUT2D eigenvalue weighted by Gasteiger charge is 2.31. The highest BCUT2D eigenvalue weighted by atomic mass is 16.4. The van der Waals surface area contributed by atoms with Crippen molar-refractivity contribution in [3.63, 3.8) is 0 Å². The van der Waals surface area contributed by atoms with E-state index in [0.717, 1.165) is 23.8 Å². The second-order valence-electron chi connectivity index (χ2n) is 7.76. The first-order chi connectivity index (χ1) is 11.7. The Balaban J connectivity index is 1.53. The first-order valence-electron chi connectivity index (χ1n) is 9.70. The summed E-state index contributed by atoms with van der Waals surface area (Å²) in [5.74, 6) is 1.75. The molecular weight excluding hydrogens is 298 g/mol. The summed E-state index contributed by atoms with van der Waals surface area (Å²) in [6.45, 7) is 4.60. The molecular formula is C21H31NO2.